The second kappa shape index (κ2) is 11.4. The van der Waals surface area contributed by atoms with E-state index in [1.54, 1.807) is 7.11 Å². The number of amides is 1. The van der Waals surface area contributed by atoms with Crippen LogP contribution in [0.5, 0.6) is 5.75 Å². The van der Waals surface area contributed by atoms with Crippen LogP contribution in [0.3, 0.4) is 0 Å². The van der Waals surface area contributed by atoms with Crippen LogP contribution >= 0.6 is 0 Å². The number of ether oxygens (including phenoxy) is 1. The fraction of sp³-hybridized carbons (Fsp3) is 0.630. The number of piperidine rings is 1. The monoisotopic (exact) mass is 468 g/mol. The summed E-state index contributed by atoms with van der Waals surface area (Å²) in [6.07, 6.45) is 5.73. The highest BCUT2D eigenvalue weighted by molar-refractivity contribution is 5.94. The number of hydrogen-bond acceptors (Lipinski definition) is 6. The van der Waals surface area contributed by atoms with Crippen molar-refractivity contribution in [3.05, 3.63) is 30.5 Å². The summed E-state index contributed by atoms with van der Waals surface area (Å²) >= 11 is 0. The number of rotatable bonds is 7. The molecule has 3 heterocycles. The lowest BCUT2D eigenvalue weighted by atomic mass is 9.86. The Morgan fingerprint density at radius 3 is 2.62 bits per heavy atom. The van der Waals surface area contributed by atoms with Gasteiger partial charge < -0.3 is 19.6 Å². The molecule has 7 nitrogen and oxygen atoms in total. The topological polar surface area (TPSA) is 69.1 Å². The van der Waals surface area contributed by atoms with E-state index < -0.39 is 0 Å². The van der Waals surface area contributed by atoms with Crippen molar-refractivity contribution in [1.29, 1.82) is 0 Å². The van der Waals surface area contributed by atoms with Crippen molar-refractivity contribution in [1.82, 2.24) is 14.8 Å². The van der Waals surface area contributed by atoms with Gasteiger partial charge in [-0.2, -0.15) is 0 Å². The zero-order chi connectivity index (χ0) is 24.1. The van der Waals surface area contributed by atoms with Gasteiger partial charge in [-0.25, -0.2) is 0 Å². The van der Waals surface area contributed by atoms with E-state index in [2.05, 4.69) is 26.9 Å². The predicted molar refractivity (Wildman–Crippen MR) is 136 cm³/mol. The van der Waals surface area contributed by atoms with Crippen molar-refractivity contribution in [2.45, 2.75) is 45.6 Å². The molecule has 1 amide bonds. The Hall–Kier alpha value is -2.38. The van der Waals surface area contributed by atoms with Crippen molar-refractivity contribution in [3.8, 4) is 5.75 Å². The second-order valence-corrected chi connectivity index (χ2v) is 9.97. The molecule has 0 radical (unpaired) electrons. The van der Waals surface area contributed by atoms with Crippen LogP contribution in [0.1, 0.15) is 39.5 Å². The summed E-state index contributed by atoms with van der Waals surface area (Å²) in [5, 5.41) is 11.0. The fourth-order valence-electron chi connectivity index (χ4n) is 5.79. The number of pyridine rings is 1. The van der Waals surface area contributed by atoms with Crippen molar-refractivity contribution in [2.24, 2.45) is 11.8 Å². The van der Waals surface area contributed by atoms with E-state index in [-0.39, 0.29) is 18.4 Å². The number of carbonyl (C=O) groups excluding carboxylic acids is 1. The fourth-order valence-corrected chi connectivity index (χ4v) is 5.79. The van der Waals surface area contributed by atoms with Crippen LogP contribution in [0.2, 0.25) is 0 Å². The molecule has 186 valence electrons. The molecule has 1 atom stereocenters. The third kappa shape index (κ3) is 5.31. The highest BCUT2D eigenvalue weighted by Gasteiger charge is 2.33. The Balaban J connectivity index is 1.47. The lowest BCUT2D eigenvalue weighted by Crippen LogP contribution is -2.48. The lowest BCUT2D eigenvalue weighted by molar-refractivity contribution is -0.136. The van der Waals surface area contributed by atoms with Crippen LogP contribution < -0.4 is 9.64 Å². The zero-order valence-corrected chi connectivity index (χ0v) is 20.9. The summed E-state index contributed by atoms with van der Waals surface area (Å²) in [5.74, 6) is 1.71. The predicted octanol–water partition coefficient (Wildman–Crippen LogP) is 3.40. The molecule has 2 aromatic rings. The normalized spacial score (nSPS) is 19.4. The minimum absolute atomic E-state index is 0.0573. The molecule has 7 heteroatoms. The van der Waals surface area contributed by atoms with Crippen molar-refractivity contribution in [2.75, 3.05) is 57.9 Å². The van der Waals surface area contributed by atoms with Crippen molar-refractivity contribution >= 4 is 22.5 Å². The average molecular weight is 469 g/mol. The summed E-state index contributed by atoms with van der Waals surface area (Å²) in [6.45, 7) is 9.66. The van der Waals surface area contributed by atoms with Gasteiger partial charge in [0.2, 0.25) is 5.91 Å². The molecule has 2 aliphatic rings. The third-order valence-corrected chi connectivity index (χ3v) is 7.56. The highest BCUT2D eigenvalue weighted by atomic mass is 16.5. The molecule has 0 saturated carbocycles. The Bertz CT molecular complexity index is 958. The number of benzene rings is 1. The largest absolute Gasteiger partial charge is 0.494 e. The van der Waals surface area contributed by atoms with Crippen LogP contribution in [0.25, 0.3) is 10.9 Å². The Morgan fingerprint density at radius 1 is 1.12 bits per heavy atom. The number of aromatic nitrogens is 1. The van der Waals surface area contributed by atoms with Crippen molar-refractivity contribution in [3.63, 3.8) is 0 Å². The first-order chi connectivity index (χ1) is 16.5. The minimum atomic E-state index is 0.0573. The number of hydrogen-bond donors (Lipinski definition) is 1. The van der Waals surface area contributed by atoms with E-state index in [1.165, 1.54) is 0 Å². The molecule has 4 rings (SSSR count). The van der Waals surface area contributed by atoms with Gasteiger partial charge in [0, 0.05) is 69.4 Å². The molecule has 34 heavy (non-hydrogen) atoms. The van der Waals surface area contributed by atoms with Crippen LogP contribution in [-0.4, -0.2) is 84.8 Å². The number of carbonyl (C=O) groups is 1. The summed E-state index contributed by atoms with van der Waals surface area (Å²) in [7, 11) is 1.73. The molecule has 1 unspecified atom stereocenters. The molecule has 2 aliphatic heterocycles. The molecular weight excluding hydrogens is 428 g/mol. The number of fused-ring (bicyclic) bond motifs is 1. The van der Waals surface area contributed by atoms with Gasteiger partial charge in [-0.15, -0.1) is 0 Å². The highest BCUT2D eigenvalue weighted by Crippen LogP contribution is 2.36. The van der Waals surface area contributed by atoms with Crippen LogP contribution in [-0.2, 0) is 4.79 Å². The maximum Gasteiger partial charge on any atom is 0.225 e. The number of likely N-dealkylation sites (tertiary alicyclic amines) is 1. The van der Waals surface area contributed by atoms with Crippen LogP contribution in [0, 0.1) is 11.8 Å². The molecule has 2 fully saturated rings. The minimum Gasteiger partial charge on any atom is -0.494 e. The average Bonchev–Trinajstić information content (AvgIpc) is 3.12. The Kier molecular flexibility index (Phi) is 8.27. The van der Waals surface area contributed by atoms with E-state index in [0.717, 1.165) is 87.3 Å². The van der Waals surface area contributed by atoms with Crippen molar-refractivity contribution < 1.29 is 14.6 Å². The third-order valence-electron chi connectivity index (χ3n) is 7.56. The number of anilines is 1. The molecular formula is C27H40N4O3. The number of aliphatic hydroxyl groups is 1. The zero-order valence-electron chi connectivity index (χ0n) is 20.9. The SMILES string of the molecule is COc1ccc2cccnc2c1N1CCCN(C(CCO)C2CCN(C(=O)C(C)C)CC2)CC1. The molecule has 1 N–H and O–H groups in total. The first kappa shape index (κ1) is 24.7. The number of nitrogens with zero attached hydrogens (tertiary/aromatic N) is 4. The van der Waals surface area contributed by atoms with E-state index in [0.29, 0.717) is 12.0 Å². The van der Waals surface area contributed by atoms with Gasteiger partial charge in [0.25, 0.3) is 0 Å². The van der Waals surface area contributed by atoms with Gasteiger partial charge in [-0.1, -0.05) is 19.9 Å². The summed E-state index contributed by atoms with van der Waals surface area (Å²) in [4.78, 5) is 24.1. The lowest BCUT2D eigenvalue weighted by Gasteiger charge is -2.41. The first-order valence-corrected chi connectivity index (χ1v) is 12.8. The Morgan fingerprint density at radius 2 is 1.91 bits per heavy atom. The maximum absolute atomic E-state index is 12.4. The van der Waals surface area contributed by atoms with Gasteiger partial charge in [0.15, 0.2) is 0 Å². The van der Waals surface area contributed by atoms with Gasteiger partial charge >= 0.3 is 0 Å². The van der Waals surface area contributed by atoms with E-state index in [4.69, 9.17) is 4.74 Å². The van der Waals surface area contributed by atoms with Gasteiger partial charge in [-0.3, -0.25) is 14.7 Å². The maximum atomic E-state index is 12.4. The first-order valence-electron chi connectivity index (χ1n) is 12.8. The molecule has 0 aliphatic carbocycles. The molecule has 1 aromatic heterocycles. The summed E-state index contributed by atoms with van der Waals surface area (Å²) in [5.41, 5.74) is 2.08. The standard InChI is InChI=1S/C27H40N4O3/c1-20(2)27(33)31-15-9-21(10-16-31)23(11-19-32)29-13-5-14-30(18-17-29)26-24(34-3)8-7-22-6-4-12-28-25(22)26/h4,6-8,12,20-21,23,32H,5,9-11,13-19H2,1-3H3. The summed E-state index contributed by atoms with van der Waals surface area (Å²) < 4.78 is 5.74. The number of methoxy groups -OCH3 is 1. The quantitative estimate of drug-likeness (QED) is 0.672. The van der Waals surface area contributed by atoms with Gasteiger partial charge in [0.05, 0.1) is 12.6 Å². The summed E-state index contributed by atoms with van der Waals surface area (Å²) in [6, 6.07) is 8.55. The smallest absolute Gasteiger partial charge is 0.225 e. The van der Waals surface area contributed by atoms with Crippen LogP contribution in [0.4, 0.5) is 5.69 Å². The molecule has 1 aromatic carbocycles. The second-order valence-electron chi connectivity index (χ2n) is 9.97. The van der Waals surface area contributed by atoms with Gasteiger partial charge in [0.1, 0.15) is 11.4 Å². The van der Waals surface area contributed by atoms with Crippen LogP contribution in [0.15, 0.2) is 30.5 Å². The molecule has 0 bridgehead atoms. The molecule has 2 saturated heterocycles. The number of aliphatic hydroxyl groups excluding tert-OH is 1. The van der Waals surface area contributed by atoms with E-state index in [9.17, 15) is 9.90 Å². The Labute approximate surface area is 203 Å². The molecule has 0 spiro atoms. The van der Waals surface area contributed by atoms with E-state index in [1.807, 2.05) is 37.1 Å². The van der Waals surface area contributed by atoms with Gasteiger partial charge in [-0.05, 0) is 49.8 Å². The van der Waals surface area contributed by atoms with E-state index >= 15 is 0 Å².